The van der Waals surface area contributed by atoms with E-state index in [1.165, 1.54) is 28.4 Å². The number of nitrogens with zero attached hydrogens (tertiary/aromatic N) is 5. The van der Waals surface area contributed by atoms with Crippen molar-refractivity contribution in [2.75, 3.05) is 23.9 Å². The summed E-state index contributed by atoms with van der Waals surface area (Å²) in [7, 11) is 3.58. The third-order valence-electron chi connectivity index (χ3n) is 4.21. The minimum absolute atomic E-state index is 0.0247. The number of benzene rings is 1. The van der Waals surface area contributed by atoms with E-state index in [0.717, 1.165) is 45.2 Å². The van der Waals surface area contributed by atoms with Crippen LogP contribution in [0.5, 0.6) is 0 Å². The van der Waals surface area contributed by atoms with Gasteiger partial charge in [0.15, 0.2) is 0 Å². The highest BCUT2D eigenvalue weighted by Crippen LogP contribution is 2.39. The maximum absolute atomic E-state index is 11.3. The van der Waals surface area contributed by atoms with E-state index in [4.69, 9.17) is 0 Å². The Balaban J connectivity index is 1.87. The van der Waals surface area contributed by atoms with Gasteiger partial charge in [-0.25, -0.2) is 10.4 Å². The lowest BCUT2D eigenvalue weighted by atomic mass is 10.2. The highest BCUT2D eigenvalue weighted by Gasteiger charge is 2.38. The van der Waals surface area contributed by atoms with Gasteiger partial charge in [-0.15, -0.1) is 0 Å². The first-order valence-electron chi connectivity index (χ1n) is 8.12. The number of hydrogen-bond donors (Lipinski definition) is 2. The first kappa shape index (κ1) is 19.1. The molecule has 1 aromatic heterocycles. The van der Waals surface area contributed by atoms with Gasteiger partial charge in [-0.1, -0.05) is 4.58 Å². The summed E-state index contributed by atoms with van der Waals surface area (Å²) in [5.41, 5.74) is 4.58. The van der Waals surface area contributed by atoms with E-state index >= 15 is 0 Å². The average Bonchev–Trinajstić information content (AvgIpc) is 3.16. The SMILES string of the molecule is Cc1nsc(N(C)c2cc(SN(O)NC3(C)CC3)ccc2N(C)C=O)n1. The van der Waals surface area contributed by atoms with Crippen LogP contribution in [0, 0.1) is 6.92 Å². The predicted molar refractivity (Wildman–Crippen MR) is 104 cm³/mol. The Bertz CT molecular complexity index is 795. The van der Waals surface area contributed by atoms with Gasteiger partial charge in [-0.2, -0.15) is 4.37 Å². The average molecular weight is 395 g/mol. The molecule has 1 aliphatic rings. The number of carbonyl (C=O) groups excluding carboxylic acids is 1. The number of aromatic nitrogens is 2. The molecule has 140 valence electrons. The highest BCUT2D eigenvalue weighted by molar-refractivity contribution is 7.96. The number of hydrogen-bond acceptors (Lipinski definition) is 9. The summed E-state index contributed by atoms with van der Waals surface area (Å²) in [4.78, 5) is 19.9. The molecule has 0 saturated heterocycles. The number of anilines is 3. The Labute approximate surface area is 161 Å². The van der Waals surface area contributed by atoms with Crippen LogP contribution in [-0.4, -0.2) is 45.2 Å². The van der Waals surface area contributed by atoms with E-state index in [-0.39, 0.29) is 5.54 Å². The zero-order valence-electron chi connectivity index (χ0n) is 15.1. The molecule has 26 heavy (non-hydrogen) atoms. The summed E-state index contributed by atoms with van der Waals surface area (Å²) in [5.74, 6) is 0.705. The van der Waals surface area contributed by atoms with Gasteiger partial charge in [0.2, 0.25) is 11.5 Å². The molecule has 0 unspecified atom stereocenters. The van der Waals surface area contributed by atoms with Gasteiger partial charge in [-0.05, 0) is 44.9 Å². The number of carbonyl (C=O) groups is 1. The fraction of sp³-hybridized carbons (Fsp3) is 0.438. The number of aryl methyl sites for hydroxylation is 1. The molecule has 1 heterocycles. The quantitative estimate of drug-likeness (QED) is 0.402. The molecular formula is C16H22N6O2S2. The van der Waals surface area contributed by atoms with Gasteiger partial charge < -0.3 is 9.80 Å². The van der Waals surface area contributed by atoms with Crippen LogP contribution >= 0.6 is 23.5 Å². The predicted octanol–water partition coefficient (Wildman–Crippen LogP) is 2.96. The molecule has 0 atom stereocenters. The van der Waals surface area contributed by atoms with Gasteiger partial charge in [0.05, 0.1) is 11.4 Å². The second-order valence-electron chi connectivity index (χ2n) is 6.59. The second-order valence-corrected chi connectivity index (χ2v) is 8.32. The van der Waals surface area contributed by atoms with Crippen LogP contribution in [0.1, 0.15) is 25.6 Å². The Kier molecular flexibility index (Phi) is 5.49. The molecule has 1 saturated carbocycles. The van der Waals surface area contributed by atoms with Gasteiger partial charge in [-0.3, -0.25) is 10.0 Å². The Morgan fingerprint density at radius 1 is 1.35 bits per heavy atom. The molecule has 3 rings (SSSR count). The number of amides is 1. The maximum atomic E-state index is 11.3. The van der Waals surface area contributed by atoms with E-state index < -0.39 is 0 Å². The van der Waals surface area contributed by atoms with Crippen molar-refractivity contribution in [2.24, 2.45) is 0 Å². The van der Waals surface area contributed by atoms with E-state index in [1.54, 1.807) is 7.05 Å². The maximum Gasteiger partial charge on any atom is 0.213 e. The molecule has 1 aliphatic carbocycles. The number of hydrazine groups is 1. The van der Waals surface area contributed by atoms with Gasteiger partial charge in [0.25, 0.3) is 0 Å². The van der Waals surface area contributed by atoms with Gasteiger partial charge in [0, 0.05) is 48.0 Å². The lowest BCUT2D eigenvalue weighted by molar-refractivity contribution is -0.107. The van der Waals surface area contributed by atoms with Crippen molar-refractivity contribution in [1.82, 2.24) is 19.4 Å². The highest BCUT2D eigenvalue weighted by atomic mass is 32.2. The van der Waals surface area contributed by atoms with Gasteiger partial charge >= 0.3 is 0 Å². The monoisotopic (exact) mass is 394 g/mol. The van der Waals surface area contributed by atoms with Gasteiger partial charge in [0.1, 0.15) is 5.82 Å². The lowest BCUT2D eigenvalue weighted by Crippen LogP contribution is -2.38. The molecule has 0 bridgehead atoms. The van der Waals surface area contributed by atoms with Crippen LogP contribution in [-0.2, 0) is 4.79 Å². The Morgan fingerprint density at radius 3 is 2.65 bits per heavy atom. The van der Waals surface area contributed by atoms with E-state index in [2.05, 4.69) is 21.7 Å². The van der Waals surface area contributed by atoms with Crippen LogP contribution in [0.4, 0.5) is 16.5 Å². The first-order valence-corrected chi connectivity index (χ1v) is 9.67. The third-order valence-corrected chi connectivity index (χ3v) is 5.82. The zero-order valence-corrected chi connectivity index (χ0v) is 16.8. The summed E-state index contributed by atoms with van der Waals surface area (Å²) < 4.78 is 5.26. The van der Waals surface area contributed by atoms with E-state index in [9.17, 15) is 10.0 Å². The van der Waals surface area contributed by atoms with Crippen molar-refractivity contribution in [3.8, 4) is 0 Å². The number of nitrogens with one attached hydrogen (secondary N) is 1. The number of rotatable bonds is 8. The zero-order chi connectivity index (χ0) is 18.9. The molecule has 1 fully saturated rings. The Morgan fingerprint density at radius 2 is 2.08 bits per heavy atom. The second kappa shape index (κ2) is 7.49. The smallest absolute Gasteiger partial charge is 0.213 e. The Hall–Kier alpha value is -1.72. The molecule has 1 amide bonds. The van der Waals surface area contributed by atoms with E-state index in [1.807, 2.05) is 37.1 Å². The minimum atomic E-state index is -0.0247. The lowest BCUT2D eigenvalue weighted by Gasteiger charge is -2.24. The molecular weight excluding hydrogens is 372 g/mol. The molecule has 2 aromatic rings. The van der Waals surface area contributed by atoms with Crippen molar-refractivity contribution >= 4 is 46.4 Å². The summed E-state index contributed by atoms with van der Waals surface area (Å²) in [6.07, 6.45) is 2.84. The van der Waals surface area contributed by atoms with E-state index in [0.29, 0.717) is 5.82 Å². The topological polar surface area (TPSA) is 84.8 Å². The fourth-order valence-electron chi connectivity index (χ4n) is 2.36. The largest absolute Gasteiger partial charge is 0.318 e. The van der Waals surface area contributed by atoms with Crippen molar-refractivity contribution < 1.29 is 10.0 Å². The molecule has 0 radical (unpaired) electrons. The standard InChI is InChI=1S/C16H22N6O2S2/c1-11-17-15(25-18-11)21(4)14-9-12(5-6-13(14)20(3)10-23)26-22(24)19-16(2)7-8-16/h5-6,9-10,19,24H,7-8H2,1-4H3. The minimum Gasteiger partial charge on any atom is -0.318 e. The summed E-state index contributed by atoms with van der Waals surface area (Å²) in [5, 5.41) is 10.9. The fourth-order valence-corrected chi connectivity index (χ4v) is 3.77. The van der Waals surface area contributed by atoms with Crippen molar-refractivity contribution in [2.45, 2.75) is 37.1 Å². The molecule has 2 N–H and O–H groups in total. The van der Waals surface area contributed by atoms with Crippen molar-refractivity contribution in [1.29, 1.82) is 0 Å². The van der Waals surface area contributed by atoms with Crippen LogP contribution in [0.2, 0.25) is 0 Å². The molecule has 10 heteroatoms. The van der Waals surface area contributed by atoms with Crippen molar-refractivity contribution in [3.05, 3.63) is 24.0 Å². The molecule has 0 aliphatic heterocycles. The van der Waals surface area contributed by atoms with Crippen LogP contribution in [0.15, 0.2) is 23.1 Å². The first-order chi connectivity index (χ1) is 12.3. The third kappa shape index (κ3) is 4.33. The van der Waals surface area contributed by atoms with Crippen LogP contribution in [0.25, 0.3) is 0 Å². The van der Waals surface area contributed by atoms with Crippen LogP contribution < -0.4 is 15.2 Å². The summed E-state index contributed by atoms with van der Waals surface area (Å²) in [6, 6.07) is 5.63. The molecule has 1 aromatic carbocycles. The van der Waals surface area contributed by atoms with Crippen molar-refractivity contribution in [3.63, 3.8) is 0 Å². The molecule has 8 nitrogen and oxygen atoms in total. The summed E-state index contributed by atoms with van der Waals surface area (Å²) in [6.45, 7) is 3.91. The molecule has 0 spiro atoms. The van der Waals surface area contributed by atoms with Crippen LogP contribution in [0.3, 0.4) is 0 Å². The summed E-state index contributed by atoms with van der Waals surface area (Å²) >= 11 is 2.48. The normalized spacial score (nSPS) is 15.2.